The topological polar surface area (TPSA) is 73.8 Å². The van der Waals surface area contributed by atoms with Gasteiger partial charge in [0.25, 0.3) is 0 Å². The van der Waals surface area contributed by atoms with E-state index in [9.17, 15) is 21.6 Å². The van der Waals surface area contributed by atoms with Crippen LogP contribution in [0.5, 0.6) is 0 Å². The van der Waals surface area contributed by atoms with Crippen molar-refractivity contribution in [3.63, 3.8) is 0 Å². The van der Waals surface area contributed by atoms with Gasteiger partial charge in [-0.3, -0.25) is 4.99 Å². The lowest BCUT2D eigenvalue weighted by molar-refractivity contribution is -0.0494. The zero-order chi connectivity index (χ0) is 22.4. The molecular formula is C20H31F3N4O2S. The maximum atomic E-state index is 12.7. The molecular weight excluding hydrogens is 417 g/mol. The third-order valence-electron chi connectivity index (χ3n) is 5.98. The molecule has 2 rings (SSSR count). The number of halogens is 3. The fourth-order valence-corrected chi connectivity index (χ4v) is 4.81. The van der Waals surface area contributed by atoms with Crippen molar-refractivity contribution in [2.45, 2.75) is 56.5 Å². The van der Waals surface area contributed by atoms with Gasteiger partial charge in [0.1, 0.15) is 0 Å². The molecule has 1 saturated heterocycles. The van der Waals surface area contributed by atoms with E-state index >= 15 is 0 Å². The summed E-state index contributed by atoms with van der Waals surface area (Å²) in [5.74, 6) is 0.564. The Morgan fingerprint density at radius 3 is 2.17 bits per heavy atom. The molecule has 0 aromatic heterocycles. The van der Waals surface area contributed by atoms with Crippen molar-refractivity contribution in [3.05, 3.63) is 35.9 Å². The van der Waals surface area contributed by atoms with Gasteiger partial charge in [-0.1, -0.05) is 44.2 Å². The molecule has 0 bridgehead atoms. The lowest BCUT2D eigenvalue weighted by Crippen LogP contribution is -2.53. The summed E-state index contributed by atoms with van der Waals surface area (Å²) in [4.78, 5) is 4.24. The molecule has 0 atom stereocenters. The zero-order valence-electron chi connectivity index (χ0n) is 17.7. The van der Waals surface area contributed by atoms with E-state index in [2.05, 4.69) is 41.6 Å². The molecule has 0 spiro atoms. The van der Waals surface area contributed by atoms with Gasteiger partial charge in [0.15, 0.2) is 5.96 Å². The van der Waals surface area contributed by atoms with Crippen molar-refractivity contribution in [3.8, 4) is 0 Å². The number of benzene rings is 1. The van der Waals surface area contributed by atoms with E-state index in [1.807, 2.05) is 18.2 Å². The van der Waals surface area contributed by atoms with Gasteiger partial charge < -0.3 is 10.6 Å². The molecule has 0 aliphatic carbocycles. The van der Waals surface area contributed by atoms with E-state index in [0.29, 0.717) is 16.8 Å². The molecule has 0 amide bonds. The molecule has 10 heteroatoms. The van der Waals surface area contributed by atoms with Crippen LogP contribution in [0.15, 0.2) is 35.3 Å². The molecule has 6 nitrogen and oxygen atoms in total. The number of hydrogen-bond donors (Lipinski definition) is 2. The molecule has 1 aliphatic heterocycles. The number of hydrogen-bond acceptors (Lipinski definition) is 3. The van der Waals surface area contributed by atoms with Crippen LogP contribution in [0.1, 0.15) is 45.1 Å². The Balaban J connectivity index is 1.96. The molecule has 0 unspecified atom stereocenters. The lowest BCUT2D eigenvalue weighted by atomic mass is 9.76. The quantitative estimate of drug-likeness (QED) is 0.496. The number of sulfonamides is 1. The summed E-state index contributed by atoms with van der Waals surface area (Å²) < 4.78 is 61.8. The molecule has 1 aromatic rings. The van der Waals surface area contributed by atoms with Gasteiger partial charge in [-0.05, 0) is 31.2 Å². The Labute approximate surface area is 177 Å². The highest BCUT2D eigenvalue weighted by molar-refractivity contribution is 7.90. The highest BCUT2D eigenvalue weighted by Crippen LogP contribution is 2.31. The van der Waals surface area contributed by atoms with Gasteiger partial charge in [0.2, 0.25) is 0 Å². The lowest BCUT2D eigenvalue weighted by Gasteiger charge is -2.35. The molecule has 2 N–H and O–H groups in total. The first kappa shape index (κ1) is 24.5. The fraction of sp³-hybridized carbons (Fsp3) is 0.650. The second kappa shape index (κ2) is 10.00. The van der Waals surface area contributed by atoms with Crippen LogP contribution < -0.4 is 10.6 Å². The summed E-state index contributed by atoms with van der Waals surface area (Å²) in [5.41, 5.74) is -4.08. The Morgan fingerprint density at radius 2 is 1.70 bits per heavy atom. The number of piperidine rings is 1. The average molecular weight is 449 g/mol. The maximum Gasteiger partial charge on any atom is 0.511 e. The van der Waals surface area contributed by atoms with Gasteiger partial charge in [-0.15, -0.1) is 0 Å². The van der Waals surface area contributed by atoms with Crippen LogP contribution in [0.4, 0.5) is 13.2 Å². The molecule has 1 aliphatic rings. The van der Waals surface area contributed by atoms with Crippen LogP contribution in [0.2, 0.25) is 0 Å². The third kappa shape index (κ3) is 5.46. The molecule has 170 valence electrons. The monoisotopic (exact) mass is 448 g/mol. The fourth-order valence-electron chi connectivity index (χ4n) is 3.83. The second-order valence-corrected chi connectivity index (χ2v) is 9.48. The maximum absolute atomic E-state index is 12.7. The van der Waals surface area contributed by atoms with Gasteiger partial charge in [-0.25, -0.2) is 8.42 Å². The van der Waals surface area contributed by atoms with Crippen molar-refractivity contribution < 1.29 is 21.6 Å². The van der Waals surface area contributed by atoms with Crippen molar-refractivity contribution in [2.24, 2.45) is 4.99 Å². The summed E-state index contributed by atoms with van der Waals surface area (Å²) in [7, 11) is -3.62. The van der Waals surface area contributed by atoms with Gasteiger partial charge >= 0.3 is 15.5 Å². The Bertz CT molecular complexity index is 801. The smallest absolute Gasteiger partial charge is 0.356 e. The highest BCUT2D eigenvalue weighted by Gasteiger charge is 2.50. The van der Waals surface area contributed by atoms with E-state index in [1.165, 1.54) is 5.56 Å². The molecule has 0 radical (unpaired) electrons. The number of rotatable bonds is 7. The molecule has 1 fully saturated rings. The SMILES string of the molecule is CCC(CC)(CNC(=NC)NC1CCN(S(=O)(=O)C(F)(F)F)CC1)c1ccccc1. The first-order valence-electron chi connectivity index (χ1n) is 10.2. The van der Waals surface area contributed by atoms with Crippen LogP contribution in [-0.2, 0) is 15.4 Å². The van der Waals surface area contributed by atoms with Crippen molar-refractivity contribution in [2.75, 3.05) is 26.7 Å². The molecule has 30 heavy (non-hydrogen) atoms. The first-order chi connectivity index (χ1) is 14.1. The highest BCUT2D eigenvalue weighted by atomic mass is 32.2. The minimum atomic E-state index is -5.26. The zero-order valence-corrected chi connectivity index (χ0v) is 18.5. The van der Waals surface area contributed by atoms with E-state index in [1.54, 1.807) is 7.05 Å². The number of aliphatic imine (C=N–C) groups is 1. The number of nitrogens with zero attached hydrogens (tertiary/aromatic N) is 2. The van der Waals surface area contributed by atoms with E-state index in [4.69, 9.17) is 0 Å². The summed E-state index contributed by atoms with van der Waals surface area (Å²) >= 11 is 0. The molecule has 0 saturated carbocycles. The number of nitrogens with one attached hydrogen (secondary N) is 2. The minimum Gasteiger partial charge on any atom is -0.356 e. The molecule has 1 aromatic carbocycles. The number of guanidine groups is 1. The van der Waals surface area contributed by atoms with Crippen molar-refractivity contribution in [1.29, 1.82) is 0 Å². The standard InChI is InChI=1S/C20H31F3N4O2S/c1-4-19(5-2,16-9-7-6-8-10-16)15-25-18(24-3)26-17-11-13-27(14-12-17)30(28,29)20(21,22)23/h6-10,17H,4-5,11-15H2,1-3H3,(H2,24,25,26). The Hall–Kier alpha value is -1.81. The average Bonchev–Trinajstić information content (AvgIpc) is 2.74. The second-order valence-electron chi connectivity index (χ2n) is 7.55. The summed E-state index contributed by atoms with van der Waals surface area (Å²) in [6.45, 7) is 4.60. The van der Waals surface area contributed by atoms with Crippen LogP contribution in [0, 0.1) is 0 Å². The Morgan fingerprint density at radius 1 is 1.13 bits per heavy atom. The van der Waals surface area contributed by atoms with Crippen molar-refractivity contribution in [1.82, 2.24) is 14.9 Å². The predicted octanol–water partition coefficient (Wildman–Crippen LogP) is 3.22. The first-order valence-corrected chi connectivity index (χ1v) is 11.6. The van der Waals surface area contributed by atoms with Gasteiger partial charge in [-0.2, -0.15) is 17.5 Å². The summed E-state index contributed by atoms with van der Waals surface area (Å²) in [5, 5.41) is 6.58. The van der Waals surface area contributed by atoms with Crippen LogP contribution >= 0.6 is 0 Å². The van der Waals surface area contributed by atoms with E-state index in [0.717, 1.165) is 12.8 Å². The van der Waals surface area contributed by atoms with Gasteiger partial charge in [0.05, 0.1) is 0 Å². The minimum absolute atomic E-state index is 0.0664. The van der Waals surface area contributed by atoms with Crippen LogP contribution in [-0.4, -0.2) is 56.9 Å². The van der Waals surface area contributed by atoms with Gasteiger partial charge in [0, 0.05) is 38.1 Å². The van der Waals surface area contributed by atoms with Crippen LogP contribution in [0.3, 0.4) is 0 Å². The molecule has 1 heterocycles. The van der Waals surface area contributed by atoms with Crippen molar-refractivity contribution >= 4 is 16.0 Å². The largest absolute Gasteiger partial charge is 0.511 e. The summed E-state index contributed by atoms with van der Waals surface area (Å²) in [6, 6.07) is 10.1. The van der Waals surface area contributed by atoms with E-state index in [-0.39, 0.29) is 37.4 Å². The normalized spacial score (nSPS) is 17.7. The third-order valence-corrected chi connectivity index (χ3v) is 7.61. The summed E-state index contributed by atoms with van der Waals surface area (Å²) in [6.07, 6.45) is 2.43. The Kier molecular flexibility index (Phi) is 8.15. The van der Waals surface area contributed by atoms with Crippen LogP contribution in [0.25, 0.3) is 0 Å². The number of alkyl halides is 3. The van der Waals surface area contributed by atoms with E-state index < -0.39 is 15.5 Å². The predicted molar refractivity (Wildman–Crippen MR) is 113 cm³/mol.